The van der Waals surface area contributed by atoms with Crippen LogP contribution in [0.2, 0.25) is 0 Å². The van der Waals surface area contributed by atoms with Gasteiger partial charge in [-0.15, -0.1) is 0 Å². The van der Waals surface area contributed by atoms with Gasteiger partial charge >= 0.3 is 0 Å². The molecule has 156 valence electrons. The zero-order valence-electron chi connectivity index (χ0n) is 18.3. The third-order valence-electron chi connectivity index (χ3n) is 5.74. The van der Waals surface area contributed by atoms with Crippen molar-refractivity contribution in [2.75, 3.05) is 5.43 Å². The smallest absolute Gasteiger partial charge is 0.0566 e. The molecule has 0 radical (unpaired) electrons. The maximum absolute atomic E-state index is 3.61. The van der Waals surface area contributed by atoms with E-state index in [0.717, 1.165) is 0 Å². The van der Waals surface area contributed by atoms with Gasteiger partial charge < -0.3 is 5.43 Å². The van der Waals surface area contributed by atoms with Crippen molar-refractivity contribution >= 4 is 16.5 Å². The van der Waals surface area contributed by atoms with Gasteiger partial charge in [-0.25, -0.2) is 5.43 Å². The first-order valence-corrected chi connectivity index (χ1v) is 11.8. The van der Waals surface area contributed by atoms with Crippen LogP contribution in [0.1, 0.15) is 97.3 Å². The highest BCUT2D eigenvalue weighted by atomic mass is 15.4. The van der Waals surface area contributed by atoms with Crippen LogP contribution in [-0.4, -0.2) is 6.04 Å². The summed E-state index contributed by atoms with van der Waals surface area (Å²) in [6, 6.07) is 15.6. The van der Waals surface area contributed by atoms with Gasteiger partial charge in [0, 0.05) is 11.4 Å². The van der Waals surface area contributed by atoms with E-state index in [4.69, 9.17) is 0 Å². The van der Waals surface area contributed by atoms with Crippen molar-refractivity contribution in [1.82, 2.24) is 5.43 Å². The highest BCUT2D eigenvalue weighted by molar-refractivity contribution is 5.93. The Labute approximate surface area is 173 Å². The number of hydrogen-bond acceptors (Lipinski definition) is 2. The summed E-state index contributed by atoms with van der Waals surface area (Å²) in [5, 5.41) is 2.57. The van der Waals surface area contributed by atoms with Gasteiger partial charge in [0.25, 0.3) is 0 Å². The lowest BCUT2D eigenvalue weighted by Gasteiger charge is -2.20. The fraction of sp³-hybridized carbons (Fsp3) is 0.615. The third-order valence-corrected chi connectivity index (χ3v) is 5.74. The molecule has 0 spiro atoms. The number of anilines is 1. The van der Waals surface area contributed by atoms with Crippen molar-refractivity contribution in [2.24, 2.45) is 0 Å². The molecule has 0 aromatic heterocycles. The summed E-state index contributed by atoms with van der Waals surface area (Å²) in [7, 11) is 0. The van der Waals surface area contributed by atoms with Gasteiger partial charge in [0.2, 0.25) is 0 Å². The minimum absolute atomic E-state index is 0.554. The number of rotatable bonds is 16. The SMILES string of the molecule is CCCCCCCCCCCCC(CCC)NNc1cccc2ccccc12. The van der Waals surface area contributed by atoms with Crippen molar-refractivity contribution in [2.45, 2.75) is 103 Å². The minimum Gasteiger partial charge on any atom is -0.321 e. The van der Waals surface area contributed by atoms with E-state index in [9.17, 15) is 0 Å². The molecule has 2 nitrogen and oxygen atoms in total. The molecule has 2 rings (SSSR count). The van der Waals surface area contributed by atoms with Crippen LogP contribution in [0, 0.1) is 0 Å². The summed E-state index contributed by atoms with van der Waals surface area (Å²) in [6.45, 7) is 4.57. The third kappa shape index (κ3) is 8.65. The Morgan fingerprint density at radius 2 is 1.29 bits per heavy atom. The molecule has 28 heavy (non-hydrogen) atoms. The monoisotopic (exact) mass is 382 g/mol. The van der Waals surface area contributed by atoms with Crippen LogP contribution in [0.5, 0.6) is 0 Å². The topological polar surface area (TPSA) is 24.1 Å². The fourth-order valence-electron chi connectivity index (χ4n) is 4.03. The summed E-state index contributed by atoms with van der Waals surface area (Å²) < 4.78 is 0. The molecule has 0 amide bonds. The van der Waals surface area contributed by atoms with E-state index in [-0.39, 0.29) is 0 Å². The van der Waals surface area contributed by atoms with Gasteiger partial charge in [0.15, 0.2) is 0 Å². The van der Waals surface area contributed by atoms with Gasteiger partial charge in [-0.1, -0.05) is 121 Å². The Balaban J connectivity index is 1.63. The van der Waals surface area contributed by atoms with Crippen LogP contribution < -0.4 is 10.9 Å². The maximum Gasteiger partial charge on any atom is 0.0566 e. The Morgan fingerprint density at radius 3 is 2.00 bits per heavy atom. The number of nitrogens with one attached hydrogen (secondary N) is 2. The van der Waals surface area contributed by atoms with E-state index in [0.29, 0.717) is 6.04 Å². The minimum atomic E-state index is 0.554. The van der Waals surface area contributed by atoms with Crippen molar-refractivity contribution < 1.29 is 0 Å². The Hall–Kier alpha value is -1.54. The number of benzene rings is 2. The molecule has 0 heterocycles. The first-order valence-electron chi connectivity index (χ1n) is 11.8. The summed E-state index contributed by atoms with van der Waals surface area (Å²) in [4.78, 5) is 0. The largest absolute Gasteiger partial charge is 0.321 e. The number of hydrogen-bond donors (Lipinski definition) is 2. The van der Waals surface area contributed by atoms with Crippen molar-refractivity contribution in [3.8, 4) is 0 Å². The molecule has 0 aliphatic carbocycles. The molecular formula is C26H42N2. The molecule has 1 atom stereocenters. The molecule has 0 saturated heterocycles. The summed E-state index contributed by atoms with van der Waals surface area (Å²) in [5.74, 6) is 0. The normalized spacial score (nSPS) is 12.4. The number of fused-ring (bicyclic) bond motifs is 1. The van der Waals surface area contributed by atoms with E-state index in [1.54, 1.807) is 0 Å². The van der Waals surface area contributed by atoms with Crippen LogP contribution in [0.25, 0.3) is 10.8 Å². The molecule has 0 fully saturated rings. The van der Waals surface area contributed by atoms with E-state index in [1.165, 1.54) is 99.9 Å². The molecule has 2 N–H and O–H groups in total. The van der Waals surface area contributed by atoms with Crippen LogP contribution in [0.4, 0.5) is 5.69 Å². The molecule has 2 aromatic carbocycles. The van der Waals surface area contributed by atoms with E-state index in [1.807, 2.05) is 0 Å². The van der Waals surface area contributed by atoms with Gasteiger partial charge in [-0.3, -0.25) is 0 Å². The first kappa shape index (κ1) is 22.7. The lowest BCUT2D eigenvalue weighted by atomic mass is 10.0. The first-order chi connectivity index (χ1) is 13.8. The van der Waals surface area contributed by atoms with Crippen LogP contribution >= 0.6 is 0 Å². The molecule has 1 unspecified atom stereocenters. The molecule has 2 heteroatoms. The second-order valence-electron chi connectivity index (χ2n) is 8.25. The number of unbranched alkanes of at least 4 members (excludes halogenated alkanes) is 9. The molecule has 0 aliphatic rings. The van der Waals surface area contributed by atoms with E-state index < -0.39 is 0 Å². The summed E-state index contributed by atoms with van der Waals surface area (Å²) >= 11 is 0. The molecule has 0 bridgehead atoms. The predicted molar refractivity (Wildman–Crippen MR) is 126 cm³/mol. The lowest BCUT2D eigenvalue weighted by Crippen LogP contribution is -2.34. The quantitative estimate of drug-likeness (QED) is 0.226. The average Bonchev–Trinajstić information content (AvgIpc) is 2.73. The second kappa shape index (κ2) is 14.5. The van der Waals surface area contributed by atoms with Crippen LogP contribution in [0.3, 0.4) is 0 Å². The Bertz CT molecular complexity index is 632. The van der Waals surface area contributed by atoms with E-state index >= 15 is 0 Å². The zero-order chi connectivity index (χ0) is 19.9. The number of hydrazine groups is 1. The lowest BCUT2D eigenvalue weighted by molar-refractivity contribution is 0.450. The zero-order valence-corrected chi connectivity index (χ0v) is 18.3. The molecule has 0 aliphatic heterocycles. The molecular weight excluding hydrogens is 340 g/mol. The van der Waals surface area contributed by atoms with Gasteiger partial charge in [0.1, 0.15) is 0 Å². The molecule has 0 saturated carbocycles. The molecule has 2 aromatic rings. The highest BCUT2D eigenvalue weighted by Gasteiger charge is 2.08. The standard InChI is InChI=1S/C26H42N2/c1-3-5-6-7-8-9-10-11-12-13-20-24(17-4-2)27-28-26-22-16-19-23-18-14-15-21-25(23)26/h14-16,18-19,21-22,24,27-28H,3-13,17,20H2,1-2H3. The second-order valence-corrected chi connectivity index (χ2v) is 8.25. The van der Waals surface area contributed by atoms with Crippen molar-refractivity contribution in [3.63, 3.8) is 0 Å². The summed E-state index contributed by atoms with van der Waals surface area (Å²) in [5.41, 5.74) is 8.30. The Morgan fingerprint density at radius 1 is 0.643 bits per heavy atom. The van der Waals surface area contributed by atoms with Gasteiger partial charge in [0.05, 0.1) is 5.69 Å². The average molecular weight is 383 g/mol. The van der Waals surface area contributed by atoms with Crippen molar-refractivity contribution in [1.29, 1.82) is 0 Å². The highest BCUT2D eigenvalue weighted by Crippen LogP contribution is 2.22. The van der Waals surface area contributed by atoms with Gasteiger partial charge in [-0.05, 0) is 24.3 Å². The van der Waals surface area contributed by atoms with E-state index in [2.05, 4.69) is 67.2 Å². The maximum atomic E-state index is 3.61. The fourth-order valence-corrected chi connectivity index (χ4v) is 4.03. The predicted octanol–water partition coefficient (Wildman–Crippen LogP) is 8.24. The van der Waals surface area contributed by atoms with Crippen molar-refractivity contribution in [3.05, 3.63) is 42.5 Å². The van der Waals surface area contributed by atoms with Gasteiger partial charge in [-0.2, -0.15) is 0 Å². The van der Waals surface area contributed by atoms with Crippen LogP contribution in [-0.2, 0) is 0 Å². The van der Waals surface area contributed by atoms with Crippen LogP contribution in [0.15, 0.2) is 42.5 Å². The Kier molecular flexibility index (Phi) is 11.7. The summed E-state index contributed by atoms with van der Waals surface area (Å²) in [6.07, 6.45) is 17.8.